The average molecular weight is 276 g/mol. The van der Waals surface area contributed by atoms with E-state index in [0.717, 1.165) is 12.4 Å². The van der Waals surface area contributed by atoms with Gasteiger partial charge in [-0.1, -0.05) is 19.9 Å². The maximum atomic E-state index is 4.43. The second-order valence-corrected chi connectivity index (χ2v) is 6.20. The van der Waals surface area contributed by atoms with Gasteiger partial charge in [0.1, 0.15) is 5.82 Å². The van der Waals surface area contributed by atoms with Crippen LogP contribution in [0, 0.1) is 12.8 Å². The maximum Gasteiger partial charge on any atom is 0.128 e. The molecule has 1 saturated heterocycles. The van der Waals surface area contributed by atoms with Crippen molar-refractivity contribution in [1.29, 1.82) is 0 Å². The lowest BCUT2D eigenvalue weighted by molar-refractivity contribution is 0.0944. The van der Waals surface area contributed by atoms with Crippen molar-refractivity contribution in [2.75, 3.05) is 45.1 Å². The van der Waals surface area contributed by atoms with Crippen LogP contribution in [0.5, 0.6) is 0 Å². The third-order valence-electron chi connectivity index (χ3n) is 4.26. The number of aryl methyl sites for hydroxylation is 1. The highest BCUT2D eigenvalue weighted by Gasteiger charge is 2.24. The second-order valence-electron chi connectivity index (χ2n) is 6.20. The van der Waals surface area contributed by atoms with Crippen molar-refractivity contribution in [1.82, 2.24) is 14.8 Å². The van der Waals surface area contributed by atoms with Crippen LogP contribution in [0.2, 0.25) is 0 Å². The first-order valence-corrected chi connectivity index (χ1v) is 7.66. The monoisotopic (exact) mass is 276 g/mol. The smallest absolute Gasteiger partial charge is 0.128 e. The van der Waals surface area contributed by atoms with Crippen LogP contribution in [0.25, 0.3) is 0 Å². The summed E-state index contributed by atoms with van der Waals surface area (Å²) < 4.78 is 0. The molecule has 4 heteroatoms. The van der Waals surface area contributed by atoms with Crippen LogP contribution in [-0.2, 0) is 0 Å². The van der Waals surface area contributed by atoms with Crippen LogP contribution in [0.3, 0.4) is 0 Å². The van der Waals surface area contributed by atoms with Crippen LogP contribution in [-0.4, -0.2) is 60.6 Å². The lowest BCUT2D eigenvalue weighted by atomic mass is 10.0. The maximum absolute atomic E-state index is 4.43. The molecule has 1 aromatic rings. The molecule has 1 N–H and O–H groups in total. The number of aromatic nitrogens is 1. The number of nitrogens with zero attached hydrogens (tertiary/aromatic N) is 3. The van der Waals surface area contributed by atoms with Crippen molar-refractivity contribution in [3.63, 3.8) is 0 Å². The molecule has 1 aromatic heterocycles. The summed E-state index contributed by atoms with van der Waals surface area (Å²) >= 11 is 0. The third kappa shape index (κ3) is 3.93. The molecule has 0 saturated carbocycles. The standard InChI is InChI=1S/C16H28N4/c1-13(2)15(20-10-8-19(4)9-11-20)12-18-16-14(3)6-5-7-17-16/h5-7,13,15H,8-12H2,1-4H3,(H,17,18). The van der Waals surface area contributed by atoms with Crippen LogP contribution >= 0.6 is 0 Å². The summed E-state index contributed by atoms with van der Waals surface area (Å²) in [5.41, 5.74) is 1.22. The lowest BCUT2D eigenvalue weighted by Gasteiger charge is -2.40. The topological polar surface area (TPSA) is 31.4 Å². The van der Waals surface area contributed by atoms with Gasteiger partial charge >= 0.3 is 0 Å². The van der Waals surface area contributed by atoms with Crippen LogP contribution in [0.1, 0.15) is 19.4 Å². The van der Waals surface area contributed by atoms with Crippen LogP contribution < -0.4 is 5.32 Å². The Bertz CT molecular complexity index is 411. The van der Waals surface area contributed by atoms with Gasteiger partial charge in [-0.15, -0.1) is 0 Å². The van der Waals surface area contributed by atoms with E-state index in [1.807, 2.05) is 12.3 Å². The summed E-state index contributed by atoms with van der Waals surface area (Å²) in [6.07, 6.45) is 1.86. The predicted octanol–water partition coefficient (Wildman–Crippen LogP) is 2.07. The van der Waals surface area contributed by atoms with E-state index in [1.54, 1.807) is 0 Å². The van der Waals surface area contributed by atoms with Gasteiger partial charge in [0.15, 0.2) is 0 Å². The Morgan fingerprint density at radius 1 is 1.25 bits per heavy atom. The van der Waals surface area contributed by atoms with Gasteiger partial charge in [0.25, 0.3) is 0 Å². The van der Waals surface area contributed by atoms with Gasteiger partial charge in [0.2, 0.25) is 0 Å². The van der Waals surface area contributed by atoms with E-state index < -0.39 is 0 Å². The number of likely N-dealkylation sites (N-methyl/N-ethyl adjacent to an activating group) is 1. The minimum absolute atomic E-state index is 0.574. The van der Waals surface area contributed by atoms with Crippen molar-refractivity contribution < 1.29 is 0 Å². The Morgan fingerprint density at radius 3 is 2.55 bits per heavy atom. The first-order valence-electron chi connectivity index (χ1n) is 7.66. The number of hydrogen-bond donors (Lipinski definition) is 1. The lowest BCUT2D eigenvalue weighted by Crippen LogP contribution is -2.52. The van der Waals surface area contributed by atoms with E-state index >= 15 is 0 Å². The highest BCUT2D eigenvalue weighted by Crippen LogP contribution is 2.16. The van der Waals surface area contributed by atoms with Gasteiger partial charge in [-0.2, -0.15) is 0 Å². The van der Waals surface area contributed by atoms with E-state index in [0.29, 0.717) is 12.0 Å². The van der Waals surface area contributed by atoms with E-state index in [2.05, 4.69) is 54.0 Å². The van der Waals surface area contributed by atoms with Gasteiger partial charge in [-0.25, -0.2) is 4.98 Å². The largest absolute Gasteiger partial charge is 0.368 e. The zero-order chi connectivity index (χ0) is 14.5. The van der Waals surface area contributed by atoms with Crippen molar-refractivity contribution in [3.8, 4) is 0 Å². The number of hydrogen-bond acceptors (Lipinski definition) is 4. The second kappa shape index (κ2) is 7.04. The third-order valence-corrected chi connectivity index (χ3v) is 4.26. The molecule has 0 amide bonds. The first-order chi connectivity index (χ1) is 9.58. The number of piperazine rings is 1. The fourth-order valence-electron chi connectivity index (χ4n) is 2.81. The molecule has 112 valence electrons. The fraction of sp³-hybridized carbons (Fsp3) is 0.688. The van der Waals surface area contributed by atoms with Gasteiger partial charge < -0.3 is 10.2 Å². The number of pyridine rings is 1. The molecule has 4 nitrogen and oxygen atoms in total. The number of rotatable bonds is 5. The zero-order valence-corrected chi connectivity index (χ0v) is 13.3. The molecule has 0 aliphatic carbocycles. The molecule has 20 heavy (non-hydrogen) atoms. The Morgan fingerprint density at radius 2 is 1.95 bits per heavy atom. The molecular weight excluding hydrogens is 248 g/mol. The summed E-state index contributed by atoms with van der Waals surface area (Å²) in [5, 5.41) is 3.54. The molecule has 2 heterocycles. The molecule has 1 aliphatic rings. The summed E-state index contributed by atoms with van der Waals surface area (Å²) in [4.78, 5) is 9.46. The highest BCUT2D eigenvalue weighted by molar-refractivity contribution is 5.42. The highest BCUT2D eigenvalue weighted by atomic mass is 15.3. The van der Waals surface area contributed by atoms with E-state index in [4.69, 9.17) is 0 Å². The van der Waals surface area contributed by atoms with E-state index in [9.17, 15) is 0 Å². The van der Waals surface area contributed by atoms with Crippen molar-refractivity contribution >= 4 is 5.82 Å². The number of nitrogens with one attached hydrogen (secondary N) is 1. The molecule has 1 unspecified atom stereocenters. The Balaban J connectivity index is 1.94. The summed E-state index contributed by atoms with van der Waals surface area (Å²) in [6, 6.07) is 4.67. The molecule has 0 aromatic carbocycles. The molecule has 0 radical (unpaired) electrons. The fourth-order valence-corrected chi connectivity index (χ4v) is 2.81. The molecule has 0 bridgehead atoms. The summed E-state index contributed by atoms with van der Waals surface area (Å²) in [5.74, 6) is 1.67. The quantitative estimate of drug-likeness (QED) is 0.892. The van der Waals surface area contributed by atoms with Gasteiger partial charge in [-0.3, -0.25) is 4.90 Å². The average Bonchev–Trinajstić information content (AvgIpc) is 2.42. The van der Waals surface area contributed by atoms with Crippen molar-refractivity contribution in [2.45, 2.75) is 26.8 Å². The van der Waals surface area contributed by atoms with Gasteiger partial charge in [0.05, 0.1) is 0 Å². The SMILES string of the molecule is Cc1cccnc1NCC(C(C)C)N1CCN(C)CC1. The molecule has 1 atom stereocenters. The van der Waals surface area contributed by atoms with E-state index in [-0.39, 0.29) is 0 Å². The number of anilines is 1. The zero-order valence-electron chi connectivity index (χ0n) is 13.3. The first kappa shape index (κ1) is 15.3. The van der Waals surface area contributed by atoms with E-state index in [1.165, 1.54) is 31.7 Å². The predicted molar refractivity (Wildman–Crippen MR) is 85.2 cm³/mol. The minimum Gasteiger partial charge on any atom is -0.368 e. The Hall–Kier alpha value is -1.13. The molecular formula is C16H28N4. The van der Waals surface area contributed by atoms with Gasteiger partial charge in [0, 0.05) is 45.0 Å². The van der Waals surface area contributed by atoms with Crippen molar-refractivity contribution in [3.05, 3.63) is 23.9 Å². The van der Waals surface area contributed by atoms with Crippen LogP contribution in [0.4, 0.5) is 5.82 Å². The summed E-state index contributed by atoms with van der Waals surface area (Å²) in [6.45, 7) is 12.4. The normalized spacial score (nSPS) is 19.2. The summed E-state index contributed by atoms with van der Waals surface area (Å²) in [7, 11) is 2.21. The molecule has 1 aliphatic heterocycles. The molecule has 1 fully saturated rings. The van der Waals surface area contributed by atoms with Crippen molar-refractivity contribution in [2.24, 2.45) is 5.92 Å². The molecule has 2 rings (SSSR count). The Labute approximate surface area is 123 Å². The Kier molecular flexibility index (Phi) is 5.38. The minimum atomic E-state index is 0.574. The van der Waals surface area contributed by atoms with Crippen LogP contribution in [0.15, 0.2) is 18.3 Å². The molecule has 0 spiro atoms. The van der Waals surface area contributed by atoms with Gasteiger partial charge in [-0.05, 0) is 31.5 Å².